The number of anilines is 1. The summed E-state index contributed by atoms with van der Waals surface area (Å²) in [4.78, 5) is 34.1. The lowest BCUT2D eigenvalue weighted by Gasteiger charge is -2.15. The summed E-state index contributed by atoms with van der Waals surface area (Å²) < 4.78 is 40.5. The summed E-state index contributed by atoms with van der Waals surface area (Å²) in [6, 6.07) is 11.1. The number of alkyl halides is 3. The molecule has 0 spiro atoms. The second kappa shape index (κ2) is 8.94. The van der Waals surface area contributed by atoms with E-state index in [9.17, 15) is 22.8 Å². The fourth-order valence-corrected chi connectivity index (χ4v) is 3.88. The van der Waals surface area contributed by atoms with Crippen LogP contribution < -0.4 is 10.9 Å². The molecule has 0 saturated carbocycles. The lowest BCUT2D eigenvalue weighted by molar-refractivity contribution is -0.137. The van der Waals surface area contributed by atoms with Crippen molar-refractivity contribution in [2.45, 2.75) is 18.3 Å². The third-order valence-corrected chi connectivity index (χ3v) is 5.92. The summed E-state index contributed by atoms with van der Waals surface area (Å²) in [6.07, 6.45) is -1.13. The molecule has 1 N–H and O–H groups in total. The fraction of sp³-hybridized carbons (Fsp3) is 0.167. The Morgan fingerprint density at radius 2 is 1.88 bits per heavy atom. The highest BCUT2D eigenvalue weighted by molar-refractivity contribution is 7.98. The molecule has 174 valence electrons. The minimum Gasteiger partial charge on any atom is -0.322 e. The molecule has 2 aromatic heterocycles. The molecule has 0 aliphatic carbocycles. The molecule has 0 bridgehead atoms. The zero-order valence-electron chi connectivity index (χ0n) is 18.4. The molecule has 0 aliphatic heterocycles. The predicted molar refractivity (Wildman–Crippen MR) is 126 cm³/mol. The minimum absolute atomic E-state index is 0.114. The predicted octanol–water partition coefficient (Wildman–Crippen LogP) is 5.30. The Morgan fingerprint density at radius 3 is 2.59 bits per heavy atom. The normalized spacial score (nSPS) is 11.6. The van der Waals surface area contributed by atoms with Crippen LogP contribution in [0.2, 0.25) is 0 Å². The molecule has 0 atom stereocenters. The number of pyridine rings is 1. The number of amides is 1. The number of hydrogen-bond donors (Lipinski definition) is 1. The lowest BCUT2D eigenvalue weighted by atomic mass is 10.0. The first-order chi connectivity index (χ1) is 16.1. The van der Waals surface area contributed by atoms with E-state index in [4.69, 9.17) is 0 Å². The Hall–Kier alpha value is -3.66. The van der Waals surface area contributed by atoms with Crippen LogP contribution >= 0.6 is 11.8 Å². The van der Waals surface area contributed by atoms with Gasteiger partial charge in [0.2, 0.25) is 0 Å². The summed E-state index contributed by atoms with van der Waals surface area (Å²) in [5.74, 6) is -0.675. The maximum atomic E-state index is 13.0. The third kappa shape index (κ3) is 4.54. The summed E-state index contributed by atoms with van der Waals surface area (Å²) >= 11 is 1.34. The Balaban J connectivity index is 1.72. The van der Waals surface area contributed by atoms with Gasteiger partial charge in [-0.2, -0.15) is 13.2 Å². The summed E-state index contributed by atoms with van der Waals surface area (Å²) in [5.41, 5.74) is 1.49. The number of nitrogens with one attached hydrogen (secondary N) is 1. The Kier molecular flexibility index (Phi) is 6.18. The highest BCUT2D eigenvalue weighted by Crippen LogP contribution is 2.30. The van der Waals surface area contributed by atoms with Gasteiger partial charge in [0.15, 0.2) is 5.16 Å². The number of carbonyl (C=O) groups is 1. The van der Waals surface area contributed by atoms with Crippen LogP contribution in [0.1, 0.15) is 21.5 Å². The fourth-order valence-electron chi connectivity index (χ4n) is 3.54. The van der Waals surface area contributed by atoms with E-state index >= 15 is 0 Å². The van der Waals surface area contributed by atoms with E-state index in [1.165, 1.54) is 28.5 Å². The van der Waals surface area contributed by atoms with Crippen LogP contribution in [-0.2, 0) is 13.2 Å². The van der Waals surface area contributed by atoms with Crippen molar-refractivity contribution in [3.8, 4) is 11.3 Å². The van der Waals surface area contributed by atoms with E-state index in [-0.39, 0.29) is 11.1 Å². The Morgan fingerprint density at radius 1 is 1.12 bits per heavy atom. The first-order valence-corrected chi connectivity index (χ1v) is 11.3. The van der Waals surface area contributed by atoms with Gasteiger partial charge < -0.3 is 9.88 Å². The largest absolute Gasteiger partial charge is 0.416 e. The number of fused-ring (bicyclic) bond motifs is 1. The number of aromatic nitrogens is 3. The van der Waals surface area contributed by atoms with Gasteiger partial charge in [0.05, 0.1) is 11.3 Å². The van der Waals surface area contributed by atoms with Crippen LogP contribution in [0.15, 0.2) is 64.7 Å². The Labute approximate surface area is 196 Å². The highest BCUT2D eigenvalue weighted by atomic mass is 32.2. The summed E-state index contributed by atoms with van der Waals surface area (Å²) in [7, 11) is 1.63. The number of halogens is 3. The smallest absolute Gasteiger partial charge is 0.322 e. The van der Waals surface area contributed by atoms with E-state index in [1.54, 1.807) is 37.5 Å². The van der Waals surface area contributed by atoms with Crippen molar-refractivity contribution < 1.29 is 18.0 Å². The molecule has 4 aromatic rings. The maximum absolute atomic E-state index is 13.0. The van der Waals surface area contributed by atoms with Crippen molar-refractivity contribution in [2.24, 2.45) is 7.05 Å². The van der Waals surface area contributed by atoms with Crippen molar-refractivity contribution in [3.63, 3.8) is 0 Å². The second-order valence-electron chi connectivity index (χ2n) is 7.62. The molecule has 2 heterocycles. The van der Waals surface area contributed by atoms with Gasteiger partial charge in [-0.3, -0.25) is 9.59 Å². The third-order valence-electron chi connectivity index (χ3n) is 5.36. The molecule has 10 heteroatoms. The molecule has 0 aliphatic rings. The van der Waals surface area contributed by atoms with E-state index in [2.05, 4.69) is 15.3 Å². The number of benzene rings is 2. The quantitative estimate of drug-likeness (QED) is 0.314. The van der Waals surface area contributed by atoms with Gasteiger partial charge >= 0.3 is 6.18 Å². The number of carbonyl (C=O) groups excluding carboxylic acids is 1. The average molecular weight is 485 g/mol. The van der Waals surface area contributed by atoms with Crippen molar-refractivity contribution in [1.82, 2.24) is 14.5 Å². The van der Waals surface area contributed by atoms with Crippen LogP contribution in [0.5, 0.6) is 0 Å². The van der Waals surface area contributed by atoms with E-state index in [0.29, 0.717) is 33.0 Å². The lowest BCUT2D eigenvalue weighted by Crippen LogP contribution is -2.20. The van der Waals surface area contributed by atoms with Crippen LogP contribution in [0.3, 0.4) is 0 Å². The molecule has 0 saturated heterocycles. The van der Waals surface area contributed by atoms with Crippen molar-refractivity contribution >= 4 is 34.3 Å². The minimum atomic E-state index is -4.55. The molecule has 1 amide bonds. The molecule has 34 heavy (non-hydrogen) atoms. The van der Waals surface area contributed by atoms with Crippen molar-refractivity contribution in [3.05, 3.63) is 81.8 Å². The Bertz CT molecular complexity index is 1480. The van der Waals surface area contributed by atoms with Gasteiger partial charge in [-0.15, -0.1) is 0 Å². The highest BCUT2D eigenvalue weighted by Gasteiger charge is 2.30. The molecule has 0 unspecified atom stereocenters. The van der Waals surface area contributed by atoms with Gasteiger partial charge in [-0.25, -0.2) is 9.97 Å². The second-order valence-corrected chi connectivity index (χ2v) is 8.39. The summed E-state index contributed by atoms with van der Waals surface area (Å²) in [5, 5.41) is 3.71. The zero-order valence-corrected chi connectivity index (χ0v) is 19.2. The molecule has 0 radical (unpaired) electrons. The maximum Gasteiger partial charge on any atom is 0.416 e. The van der Waals surface area contributed by atoms with Gasteiger partial charge in [0, 0.05) is 35.4 Å². The van der Waals surface area contributed by atoms with Crippen LogP contribution in [0.4, 0.5) is 18.9 Å². The molecule has 6 nitrogen and oxygen atoms in total. The number of nitrogens with zero attached hydrogens (tertiary/aromatic N) is 3. The average Bonchev–Trinajstić information content (AvgIpc) is 2.82. The number of rotatable bonds is 4. The zero-order chi connectivity index (χ0) is 24.6. The molecule has 4 rings (SSSR count). The molecule has 0 fully saturated rings. The van der Waals surface area contributed by atoms with E-state index in [0.717, 1.165) is 17.7 Å². The SMILES string of the molecule is CSc1ncc2cc(-c3cc(NC(=O)c4cccc(C(F)(F)F)c4)ccc3C)n(C)c(=O)c2n1. The molecular weight excluding hydrogens is 465 g/mol. The first kappa shape index (κ1) is 23.5. The van der Waals surface area contributed by atoms with E-state index < -0.39 is 17.6 Å². The number of hydrogen-bond acceptors (Lipinski definition) is 5. The monoisotopic (exact) mass is 484 g/mol. The topological polar surface area (TPSA) is 76.9 Å². The van der Waals surface area contributed by atoms with Crippen LogP contribution in [-0.4, -0.2) is 26.7 Å². The summed E-state index contributed by atoms with van der Waals surface area (Å²) in [6.45, 7) is 1.86. The van der Waals surface area contributed by atoms with Gasteiger partial charge in [-0.05, 0) is 55.1 Å². The molecule has 2 aromatic carbocycles. The van der Waals surface area contributed by atoms with Gasteiger partial charge in [0.25, 0.3) is 11.5 Å². The van der Waals surface area contributed by atoms with E-state index in [1.807, 2.05) is 13.2 Å². The van der Waals surface area contributed by atoms with Crippen LogP contribution in [0, 0.1) is 6.92 Å². The number of aryl methyl sites for hydroxylation is 1. The molecular formula is C24H19F3N4O2S. The van der Waals surface area contributed by atoms with Crippen LogP contribution in [0.25, 0.3) is 22.2 Å². The first-order valence-electron chi connectivity index (χ1n) is 10.1. The number of thioether (sulfide) groups is 1. The van der Waals surface area contributed by atoms with Gasteiger partial charge in [0.1, 0.15) is 5.52 Å². The van der Waals surface area contributed by atoms with Crippen molar-refractivity contribution in [1.29, 1.82) is 0 Å². The van der Waals surface area contributed by atoms with Crippen molar-refractivity contribution in [2.75, 3.05) is 11.6 Å². The standard InChI is InChI=1S/C24H19F3N4O2S/c1-13-7-8-17(29-21(32)14-5-4-6-16(9-14)24(25,26)27)11-18(13)19-10-15-12-28-23(34-3)30-20(15)22(33)31(19)2/h4-12H,1-3H3,(H,29,32). The van der Waals surface area contributed by atoms with Gasteiger partial charge in [-0.1, -0.05) is 23.9 Å².